The highest BCUT2D eigenvalue weighted by Gasteiger charge is 2.40. The zero-order valence-electron chi connectivity index (χ0n) is 15.8. The third-order valence-corrected chi connectivity index (χ3v) is 4.75. The molecule has 0 bridgehead atoms. The lowest BCUT2D eigenvalue weighted by atomic mass is 10.1. The van der Waals surface area contributed by atoms with Crippen molar-refractivity contribution in [2.45, 2.75) is 20.0 Å². The van der Waals surface area contributed by atoms with Crippen LogP contribution in [0, 0.1) is 6.92 Å². The zero-order chi connectivity index (χ0) is 22.1. The number of aromatic nitrogens is 2. The van der Waals surface area contributed by atoms with Crippen molar-refractivity contribution >= 4 is 34.8 Å². The van der Waals surface area contributed by atoms with Gasteiger partial charge in [-0.1, -0.05) is 47.0 Å². The standard InChI is InChI=1S/C20H15Cl2F3N4O/c1-11-3-6-14(7-4-11)29-18(20(23,24)25)16(10-26-29)19(30)28-27-12(2)15-8-5-13(21)9-17(15)22/h3-10H,1-2H3,(H,28,30). The normalized spacial score (nSPS) is 12.2. The Hall–Kier alpha value is -2.84. The molecule has 0 aliphatic heterocycles. The van der Waals surface area contributed by atoms with E-state index in [4.69, 9.17) is 23.2 Å². The molecule has 0 atom stereocenters. The fraction of sp³-hybridized carbons (Fsp3) is 0.150. The molecule has 1 heterocycles. The van der Waals surface area contributed by atoms with E-state index in [1.54, 1.807) is 31.2 Å². The summed E-state index contributed by atoms with van der Waals surface area (Å²) in [5.74, 6) is -1.05. The van der Waals surface area contributed by atoms with Crippen LogP contribution in [0.1, 0.15) is 34.1 Å². The number of hydrazone groups is 1. The summed E-state index contributed by atoms with van der Waals surface area (Å²) >= 11 is 11.9. The number of halogens is 5. The van der Waals surface area contributed by atoms with Gasteiger partial charge in [0.15, 0.2) is 5.69 Å². The third kappa shape index (κ3) is 4.66. The van der Waals surface area contributed by atoms with Gasteiger partial charge >= 0.3 is 6.18 Å². The van der Waals surface area contributed by atoms with Crippen molar-refractivity contribution in [3.8, 4) is 5.69 Å². The third-order valence-electron chi connectivity index (χ3n) is 4.21. The van der Waals surface area contributed by atoms with Crippen LogP contribution in [0.15, 0.2) is 53.8 Å². The molecule has 1 N–H and O–H groups in total. The molecule has 0 radical (unpaired) electrons. The molecule has 0 aliphatic carbocycles. The molecular weight excluding hydrogens is 440 g/mol. The maximum Gasteiger partial charge on any atom is 0.434 e. The first-order valence-corrected chi connectivity index (χ1v) is 9.36. The highest BCUT2D eigenvalue weighted by atomic mass is 35.5. The van der Waals surface area contributed by atoms with Gasteiger partial charge in [0.2, 0.25) is 0 Å². The fourth-order valence-electron chi connectivity index (χ4n) is 2.71. The Morgan fingerprint density at radius 1 is 1.10 bits per heavy atom. The highest BCUT2D eigenvalue weighted by molar-refractivity contribution is 6.37. The largest absolute Gasteiger partial charge is 0.434 e. The number of hydrogen-bond acceptors (Lipinski definition) is 3. The zero-order valence-corrected chi connectivity index (χ0v) is 17.3. The molecule has 156 valence electrons. The van der Waals surface area contributed by atoms with Crippen molar-refractivity contribution in [2.75, 3.05) is 0 Å². The molecule has 3 rings (SSSR count). The quantitative estimate of drug-likeness (QED) is 0.408. The van der Waals surface area contributed by atoms with E-state index in [1.165, 1.54) is 18.2 Å². The minimum atomic E-state index is -4.81. The van der Waals surface area contributed by atoms with E-state index in [0.717, 1.165) is 11.8 Å². The highest BCUT2D eigenvalue weighted by Crippen LogP contribution is 2.33. The number of nitrogens with zero attached hydrogens (tertiary/aromatic N) is 3. The molecule has 2 aromatic carbocycles. The van der Waals surface area contributed by atoms with Crippen LogP contribution in [0.4, 0.5) is 13.2 Å². The van der Waals surface area contributed by atoms with Crippen molar-refractivity contribution in [1.29, 1.82) is 0 Å². The predicted molar refractivity (Wildman–Crippen MR) is 109 cm³/mol. The van der Waals surface area contributed by atoms with Crippen molar-refractivity contribution in [3.63, 3.8) is 0 Å². The first-order valence-electron chi connectivity index (χ1n) is 8.60. The van der Waals surface area contributed by atoms with Crippen molar-refractivity contribution < 1.29 is 18.0 Å². The summed E-state index contributed by atoms with van der Waals surface area (Å²) in [7, 11) is 0. The van der Waals surface area contributed by atoms with E-state index in [2.05, 4.69) is 15.6 Å². The molecule has 0 saturated heterocycles. The SMILES string of the molecule is CC(=NNC(=O)c1cnn(-c2ccc(C)cc2)c1C(F)(F)F)c1ccc(Cl)cc1Cl. The summed E-state index contributed by atoms with van der Waals surface area (Å²) < 4.78 is 41.8. The molecule has 0 fully saturated rings. The van der Waals surface area contributed by atoms with E-state index >= 15 is 0 Å². The van der Waals surface area contributed by atoms with Crippen LogP contribution >= 0.6 is 23.2 Å². The van der Waals surface area contributed by atoms with Gasteiger partial charge in [-0.2, -0.15) is 23.4 Å². The number of nitrogens with one attached hydrogen (secondary N) is 1. The second-order valence-electron chi connectivity index (χ2n) is 6.41. The first kappa shape index (κ1) is 21.9. The second kappa shape index (κ2) is 8.49. The minimum Gasteiger partial charge on any atom is -0.267 e. The van der Waals surface area contributed by atoms with Crippen LogP contribution in [0.2, 0.25) is 10.0 Å². The molecule has 30 heavy (non-hydrogen) atoms. The molecule has 10 heteroatoms. The Balaban J connectivity index is 1.93. The lowest BCUT2D eigenvalue weighted by Crippen LogP contribution is -2.24. The average Bonchev–Trinajstić information content (AvgIpc) is 3.12. The van der Waals surface area contributed by atoms with E-state index in [0.29, 0.717) is 26.0 Å². The van der Waals surface area contributed by atoms with Crippen LogP contribution in [0.25, 0.3) is 5.69 Å². The van der Waals surface area contributed by atoms with Crippen molar-refractivity contribution in [1.82, 2.24) is 15.2 Å². The van der Waals surface area contributed by atoms with Gasteiger partial charge in [0.25, 0.3) is 5.91 Å². The summed E-state index contributed by atoms with van der Waals surface area (Å²) in [5.41, 5.74) is 2.12. The molecule has 3 aromatic rings. The molecule has 0 spiro atoms. The number of amides is 1. The topological polar surface area (TPSA) is 59.3 Å². The molecule has 1 amide bonds. The molecule has 0 saturated carbocycles. The monoisotopic (exact) mass is 454 g/mol. The number of carbonyl (C=O) groups excluding carboxylic acids is 1. The van der Waals surface area contributed by atoms with Crippen LogP contribution < -0.4 is 5.43 Å². The van der Waals surface area contributed by atoms with Gasteiger partial charge in [-0.15, -0.1) is 0 Å². The fourth-order valence-corrected chi connectivity index (χ4v) is 3.25. The molecular formula is C20H15Cl2F3N4O. The summed E-state index contributed by atoms with van der Waals surface area (Å²) in [6, 6.07) is 10.9. The van der Waals surface area contributed by atoms with E-state index < -0.39 is 23.3 Å². The van der Waals surface area contributed by atoms with Gasteiger partial charge in [0, 0.05) is 10.6 Å². The van der Waals surface area contributed by atoms with E-state index in [-0.39, 0.29) is 5.69 Å². The number of carbonyl (C=O) groups is 1. The molecule has 0 aliphatic rings. The van der Waals surface area contributed by atoms with E-state index in [9.17, 15) is 18.0 Å². The number of rotatable bonds is 4. The lowest BCUT2D eigenvalue weighted by molar-refractivity contribution is -0.143. The maximum atomic E-state index is 13.7. The number of aryl methyl sites for hydroxylation is 1. The van der Waals surface area contributed by atoms with Crippen molar-refractivity contribution in [2.24, 2.45) is 5.10 Å². The Morgan fingerprint density at radius 2 is 1.77 bits per heavy atom. The second-order valence-corrected chi connectivity index (χ2v) is 7.26. The first-order chi connectivity index (χ1) is 14.1. The predicted octanol–water partition coefficient (Wildman–Crippen LogP) is 5.66. The molecule has 0 unspecified atom stereocenters. The Kier molecular flexibility index (Phi) is 6.19. The van der Waals surface area contributed by atoms with E-state index in [1.807, 2.05) is 6.92 Å². The Morgan fingerprint density at radius 3 is 2.37 bits per heavy atom. The van der Waals surface area contributed by atoms with Gasteiger partial charge in [-0.25, -0.2) is 10.1 Å². The van der Waals surface area contributed by atoms with Crippen LogP contribution in [-0.2, 0) is 6.18 Å². The van der Waals surface area contributed by atoms with Gasteiger partial charge in [-0.05, 0) is 38.1 Å². The van der Waals surface area contributed by atoms with Gasteiger partial charge in [0.05, 0.1) is 28.2 Å². The minimum absolute atomic E-state index is 0.180. The summed E-state index contributed by atoms with van der Waals surface area (Å²) in [4.78, 5) is 12.5. The maximum absolute atomic E-state index is 13.7. The number of hydrogen-bond donors (Lipinski definition) is 1. The molecule has 5 nitrogen and oxygen atoms in total. The van der Waals surface area contributed by atoms with Crippen LogP contribution in [0.5, 0.6) is 0 Å². The average molecular weight is 455 g/mol. The van der Waals surface area contributed by atoms with Gasteiger partial charge < -0.3 is 0 Å². The Bertz CT molecular complexity index is 1120. The van der Waals surface area contributed by atoms with Gasteiger partial charge in [-0.3, -0.25) is 4.79 Å². The number of benzene rings is 2. The smallest absolute Gasteiger partial charge is 0.267 e. The van der Waals surface area contributed by atoms with Crippen LogP contribution in [0.3, 0.4) is 0 Å². The summed E-state index contributed by atoms with van der Waals surface area (Å²) in [5, 5.41) is 8.34. The summed E-state index contributed by atoms with van der Waals surface area (Å²) in [6.45, 7) is 3.36. The van der Waals surface area contributed by atoms with Gasteiger partial charge in [0.1, 0.15) is 0 Å². The van der Waals surface area contributed by atoms with Crippen molar-refractivity contribution in [3.05, 3.63) is 81.1 Å². The number of alkyl halides is 3. The summed E-state index contributed by atoms with van der Waals surface area (Å²) in [6.07, 6.45) is -3.95. The molecule has 1 aromatic heterocycles. The van der Waals surface area contributed by atoms with Crippen LogP contribution in [-0.4, -0.2) is 21.4 Å². The Labute approximate surface area is 180 Å². The lowest BCUT2D eigenvalue weighted by Gasteiger charge is -2.12.